The molecule has 0 saturated heterocycles. The van der Waals surface area contributed by atoms with Crippen LogP contribution in [-0.4, -0.2) is 38.0 Å². The molecular formula is C13H26N2O. The van der Waals surface area contributed by atoms with Crippen LogP contribution >= 0.6 is 0 Å². The maximum atomic E-state index is 11.3. The van der Waals surface area contributed by atoms with Gasteiger partial charge in [0.05, 0.1) is 0 Å². The Hall–Kier alpha value is -0.570. The summed E-state index contributed by atoms with van der Waals surface area (Å²) < 4.78 is 0. The average Bonchev–Trinajstić information content (AvgIpc) is 2.63. The largest absolute Gasteiger partial charge is 0.349 e. The highest BCUT2D eigenvalue weighted by atomic mass is 16.2. The van der Waals surface area contributed by atoms with Gasteiger partial charge in [0, 0.05) is 20.5 Å². The van der Waals surface area contributed by atoms with E-state index in [9.17, 15) is 4.79 Å². The van der Waals surface area contributed by atoms with Crippen LogP contribution in [0.4, 0.5) is 0 Å². The van der Waals surface area contributed by atoms with E-state index in [0.29, 0.717) is 6.42 Å². The Bertz CT molecular complexity index is 216. The summed E-state index contributed by atoms with van der Waals surface area (Å²) in [4.78, 5) is 13.0. The quantitative estimate of drug-likeness (QED) is 0.701. The molecule has 0 bridgehead atoms. The highest BCUT2D eigenvalue weighted by Gasteiger charge is 2.22. The molecule has 2 atom stereocenters. The standard InChI is InChI=1S/C13H26N2O/c1-11-6-4-7-12(11)10-14-9-5-8-13(16)15(2)3/h11-12,14H,4-10H2,1-3H3. The number of nitrogens with zero attached hydrogens (tertiary/aromatic N) is 1. The SMILES string of the molecule is CC1CCCC1CNCCCC(=O)N(C)C. The number of carbonyl (C=O) groups excluding carboxylic acids is 1. The molecule has 1 fully saturated rings. The van der Waals surface area contributed by atoms with E-state index in [1.165, 1.54) is 19.3 Å². The van der Waals surface area contributed by atoms with Crippen LogP contribution in [0.3, 0.4) is 0 Å². The van der Waals surface area contributed by atoms with Gasteiger partial charge in [-0.2, -0.15) is 0 Å². The van der Waals surface area contributed by atoms with Gasteiger partial charge in [0.15, 0.2) is 0 Å². The van der Waals surface area contributed by atoms with E-state index >= 15 is 0 Å². The van der Waals surface area contributed by atoms with E-state index in [1.807, 2.05) is 14.1 Å². The van der Waals surface area contributed by atoms with Crippen LogP contribution in [0.2, 0.25) is 0 Å². The molecule has 16 heavy (non-hydrogen) atoms. The third kappa shape index (κ3) is 4.52. The molecule has 0 radical (unpaired) electrons. The minimum Gasteiger partial charge on any atom is -0.349 e. The molecular weight excluding hydrogens is 200 g/mol. The fourth-order valence-electron chi connectivity index (χ4n) is 2.40. The van der Waals surface area contributed by atoms with E-state index in [-0.39, 0.29) is 5.91 Å². The van der Waals surface area contributed by atoms with Crippen LogP contribution in [0.5, 0.6) is 0 Å². The van der Waals surface area contributed by atoms with E-state index in [0.717, 1.165) is 31.3 Å². The van der Waals surface area contributed by atoms with Crippen LogP contribution in [0.15, 0.2) is 0 Å². The first kappa shape index (κ1) is 13.5. The van der Waals surface area contributed by atoms with Crippen LogP contribution < -0.4 is 5.32 Å². The number of carbonyl (C=O) groups is 1. The van der Waals surface area contributed by atoms with Gasteiger partial charge >= 0.3 is 0 Å². The zero-order chi connectivity index (χ0) is 12.0. The van der Waals surface area contributed by atoms with Gasteiger partial charge in [-0.05, 0) is 37.8 Å². The number of nitrogens with one attached hydrogen (secondary N) is 1. The molecule has 1 aliphatic carbocycles. The summed E-state index contributed by atoms with van der Waals surface area (Å²) in [5, 5.41) is 3.48. The first-order valence-corrected chi connectivity index (χ1v) is 6.52. The van der Waals surface area contributed by atoms with Crippen molar-refractivity contribution in [3.8, 4) is 0 Å². The van der Waals surface area contributed by atoms with Gasteiger partial charge in [-0.25, -0.2) is 0 Å². The zero-order valence-electron chi connectivity index (χ0n) is 11.0. The molecule has 0 aromatic carbocycles. The third-order valence-corrected chi connectivity index (χ3v) is 3.69. The van der Waals surface area contributed by atoms with Crippen molar-refractivity contribution >= 4 is 5.91 Å². The summed E-state index contributed by atoms with van der Waals surface area (Å²) in [6, 6.07) is 0. The van der Waals surface area contributed by atoms with Crippen molar-refractivity contribution in [1.82, 2.24) is 10.2 Å². The second-order valence-electron chi connectivity index (χ2n) is 5.26. The lowest BCUT2D eigenvalue weighted by atomic mass is 9.98. The molecule has 1 N–H and O–H groups in total. The molecule has 0 heterocycles. The molecule has 1 amide bonds. The molecule has 0 aromatic heterocycles. The lowest BCUT2D eigenvalue weighted by molar-refractivity contribution is -0.128. The Balaban J connectivity index is 1.97. The normalized spacial score (nSPS) is 24.7. The molecule has 3 heteroatoms. The van der Waals surface area contributed by atoms with Gasteiger partial charge in [-0.15, -0.1) is 0 Å². The molecule has 1 rings (SSSR count). The number of amides is 1. The molecule has 0 aliphatic heterocycles. The third-order valence-electron chi connectivity index (χ3n) is 3.69. The highest BCUT2D eigenvalue weighted by Crippen LogP contribution is 2.30. The van der Waals surface area contributed by atoms with Crippen LogP contribution in [0.1, 0.15) is 39.0 Å². The van der Waals surface area contributed by atoms with Crippen molar-refractivity contribution in [1.29, 1.82) is 0 Å². The first-order valence-electron chi connectivity index (χ1n) is 6.52. The first-order chi connectivity index (χ1) is 7.61. The van der Waals surface area contributed by atoms with Crippen molar-refractivity contribution < 1.29 is 4.79 Å². The fourth-order valence-corrected chi connectivity index (χ4v) is 2.40. The molecule has 0 aromatic rings. The lowest BCUT2D eigenvalue weighted by Gasteiger charge is -2.16. The summed E-state index contributed by atoms with van der Waals surface area (Å²) in [6.45, 7) is 4.47. The topological polar surface area (TPSA) is 32.3 Å². The van der Waals surface area contributed by atoms with E-state index in [4.69, 9.17) is 0 Å². The predicted molar refractivity (Wildman–Crippen MR) is 67.3 cm³/mol. The summed E-state index contributed by atoms with van der Waals surface area (Å²) in [5.41, 5.74) is 0. The Morgan fingerprint density at radius 2 is 2.12 bits per heavy atom. The lowest BCUT2D eigenvalue weighted by Crippen LogP contribution is -2.27. The van der Waals surface area contributed by atoms with Gasteiger partial charge in [0.25, 0.3) is 0 Å². The number of hydrogen-bond acceptors (Lipinski definition) is 2. The van der Waals surface area contributed by atoms with Crippen molar-refractivity contribution in [2.75, 3.05) is 27.2 Å². The van der Waals surface area contributed by atoms with Gasteiger partial charge in [-0.1, -0.05) is 19.8 Å². The van der Waals surface area contributed by atoms with Crippen LogP contribution in [0.25, 0.3) is 0 Å². The van der Waals surface area contributed by atoms with Crippen molar-refractivity contribution in [3.63, 3.8) is 0 Å². The minimum absolute atomic E-state index is 0.232. The van der Waals surface area contributed by atoms with Gasteiger partial charge < -0.3 is 10.2 Å². The van der Waals surface area contributed by atoms with Crippen molar-refractivity contribution in [2.24, 2.45) is 11.8 Å². The maximum Gasteiger partial charge on any atom is 0.222 e. The second-order valence-corrected chi connectivity index (χ2v) is 5.26. The molecule has 0 spiro atoms. The van der Waals surface area contributed by atoms with E-state index in [1.54, 1.807) is 4.90 Å². The minimum atomic E-state index is 0.232. The molecule has 2 unspecified atom stereocenters. The Morgan fingerprint density at radius 1 is 1.38 bits per heavy atom. The van der Waals surface area contributed by atoms with Gasteiger partial charge in [0.2, 0.25) is 5.91 Å². The van der Waals surface area contributed by atoms with E-state index in [2.05, 4.69) is 12.2 Å². The Kier molecular flexibility index (Phi) is 5.81. The number of rotatable bonds is 6. The van der Waals surface area contributed by atoms with Gasteiger partial charge in [0.1, 0.15) is 0 Å². The van der Waals surface area contributed by atoms with E-state index < -0.39 is 0 Å². The molecule has 94 valence electrons. The van der Waals surface area contributed by atoms with Crippen LogP contribution in [-0.2, 0) is 4.79 Å². The zero-order valence-corrected chi connectivity index (χ0v) is 11.0. The predicted octanol–water partition coefficient (Wildman–Crippen LogP) is 1.88. The monoisotopic (exact) mass is 226 g/mol. The summed E-state index contributed by atoms with van der Waals surface area (Å²) in [7, 11) is 3.63. The average molecular weight is 226 g/mol. The molecule has 3 nitrogen and oxygen atoms in total. The van der Waals surface area contributed by atoms with Crippen molar-refractivity contribution in [2.45, 2.75) is 39.0 Å². The summed E-state index contributed by atoms with van der Waals surface area (Å²) >= 11 is 0. The van der Waals surface area contributed by atoms with Gasteiger partial charge in [-0.3, -0.25) is 4.79 Å². The highest BCUT2D eigenvalue weighted by molar-refractivity contribution is 5.75. The maximum absolute atomic E-state index is 11.3. The second kappa shape index (κ2) is 6.89. The summed E-state index contributed by atoms with van der Waals surface area (Å²) in [6.07, 6.45) is 5.79. The smallest absolute Gasteiger partial charge is 0.222 e. The van der Waals surface area contributed by atoms with Crippen molar-refractivity contribution in [3.05, 3.63) is 0 Å². The Morgan fingerprint density at radius 3 is 2.69 bits per heavy atom. The Labute approximate surface area is 99.6 Å². The number of hydrogen-bond donors (Lipinski definition) is 1. The van der Waals surface area contributed by atoms with Crippen LogP contribution in [0, 0.1) is 11.8 Å². The fraction of sp³-hybridized carbons (Fsp3) is 0.923. The molecule has 1 saturated carbocycles. The molecule has 1 aliphatic rings. The summed E-state index contributed by atoms with van der Waals surface area (Å²) in [5.74, 6) is 1.98.